The molecule has 1 unspecified atom stereocenters. The van der Waals surface area contributed by atoms with Gasteiger partial charge in [0.15, 0.2) is 0 Å². The number of H-pyrrole nitrogens is 1. The molecule has 1 aromatic carbocycles. The molecule has 144 valence electrons. The Balaban J connectivity index is 1.51. The van der Waals surface area contributed by atoms with Crippen LogP contribution < -0.4 is 5.56 Å². The number of piperidine rings is 1. The fourth-order valence-electron chi connectivity index (χ4n) is 3.91. The van der Waals surface area contributed by atoms with Gasteiger partial charge in [0.2, 0.25) is 5.56 Å². The van der Waals surface area contributed by atoms with Crippen molar-refractivity contribution in [2.75, 3.05) is 33.2 Å². The number of rotatable bonds is 6. The smallest absolute Gasteiger partial charge is 0.255 e. The van der Waals surface area contributed by atoms with E-state index in [-0.39, 0.29) is 11.5 Å². The summed E-state index contributed by atoms with van der Waals surface area (Å²) in [5, 5.41) is 0. The predicted molar refractivity (Wildman–Crippen MR) is 108 cm³/mol. The minimum atomic E-state index is -0.189. The van der Waals surface area contributed by atoms with Crippen LogP contribution in [0.5, 0.6) is 0 Å². The van der Waals surface area contributed by atoms with Crippen molar-refractivity contribution in [3.8, 4) is 0 Å². The number of aryl methyl sites for hydroxylation is 1. The second kappa shape index (κ2) is 9.00. The molecule has 0 radical (unpaired) electrons. The highest BCUT2D eigenvalue weighted by Gasteiger charge is 2.23. The Hall–Kier alpha value is -2.40. The van der Waals surface area contributed by atoms with Crippen molar-refractivity contribution in [1.82, 2.24) is 14.8 Å². The molecule has 1 amide bonds. The van der Waals surface area contributed by atoms with E-state index in [1.54, 1.807) is 11.0 Å². The summed E-state index contributed by atoms with van der Waals surface area (Å²) >= 11 is 0. The Bertz CT molecular complexity index is 810. The normalized spacial score (nSPS) is 17.6. The first-order valence-electron chi connectivity index (χ1n) is 9.74. The van der Waals surface area contributed by atoms with Gasteiger partial charge in [-0.1, -0.05) is 24.3 Å². The first-order valence-corrected chi connectivity index (χ1v) is 9.74. The summed E-state index contributed by atoms with van der Waals surface area (Å²) < 4.78 is 0. The number of nitrogens with zero attached hydrogens (tertiary/aromatic N) is 2. The number of aromatic nitrogens is 1. The number of benzene rings is 1. The van der Waals surface area contributed by atoms with E-state index in [0.717, 1.165) is 39.0 Å². The summed E-state index contributed by atoms with van der Waals surface area (Å²) in [5.74, 6) is 0.454. The number of hydrogen-bond donors (Lipinski definition) is 1. The van der Waals surface area contributed by atoms with Crippen molar-refractivity contribution >= 4 is 5.91 Å². The lowest BCUT2D eigenvalue weighted by atomic mass is 9.96. The van der Waals surface area contributed by atoms with Crippen LogP contribution in [0.25, 0.3) is 0 Å². The third-order valence-corrected chi connectivity index (χ3v) is 5.47. The monoisotopic (exact) mass is 367 g/mol. The zero-order valence-electron chi connectivity index (χ0n) is 16.3. The summed E-state index contributed by atoms with van der Waals surface area (Å²) in [5.41, 5.74) is 3.12. The quantitative estimate of drug-likeness (QED) is 0.854. The van der Waals surface area contributed by atoms with Crippen LogP contribution in [0.4, 0.5) is 0 Å². The van der Waals surface area contributed by atoms with Crippen LogP contribution in [0.15, 0.2) is 47.4 Å². The number of carbonyl (C=O) groups is 1. The average Bonchev–Trinajstić information content (AvgIpc) is 2.68. The van der Waals surface area contributed by atoms with Crippen LogP contribution in [0.3, 0.4) is 0 Å². The SMILES string of the molecule is Cc1ccccc1CCN1CCCC(CN(C)C(=O)c2ccc(=O)[nH]c2)C1. The molecule has 1 aliphatic heterocycles. The lowest BCUT2D eigenvalue weighted by molar-refractivity contribution is 0.0730. The van der Waals surface area contributed by atoms with E-state index in [1.165, 1.54) is 29.8 Å². The van der Waals surface area contributed by atoms with Gasteiger partial charge in [-0.2, -0.15) is 0 Å². The summed E-state index contributed by atoms with van der Waals surface area (Å²) in [6.45, 7) is 6.17. The van der Waals surface area contributed by atoms with Crippen molar-refractivity contribution in [2.45, 2.75) is 26.2 Å². The second-order valence-electron chi connectivity index (χ2n) is 7.61. The third kappa shape index (κ3) is 5.30. The number of pyridine rings is 1. The minimum absolute atomic E-state index is 0.0386. The van der Waals surface area contributed by atoms with Crippen LogP contribution in [-0.4, -0.2) is 53.9 Å². The molecule has 1 fully saturated rings. The molecule has 1 saturated heterocycles. The zero-order chi connectivity index (χ0) is 19.2. The summed E-state index contributed by atoms with van der Waals surface area (Å²) in [6, 6.07) is 11.6. The second-order valence-corrected chi connectivity index (χ2v) is 7.61. The molecule has 2 heterocycles. The van der Waals surface area contributed by atoms with Gasteiger partial charge in [0.1, 0.15) is 0 Å². The van der Waals surface area contributed by atoms with E-state index in [1.807, 2.05) is 7.05 Å². The first-order chi connectivity index (χ1) is 13.0. The van der Waals surface area contributed by atoms with Gasteiger partial charge in [0, 0.05) is 38.9 Å². The Morgan fingerprint density at radius 2 is 2.07 bits per heavy atom. The molecule has 1 N–H and O–H groups in total. The number of carbonyl (C=O) groups excluding carboxylic acids is 1. The molecule has 2 aromatic rings. The Morgan fingerprint density at radius 3 is 2.81 bits per heavy atom. The van der Waals surface area contributed by atoms with Crippen molar-refractivity contribution in [3.05, 3.63) is 69.6 Å². The van der Waals surface area contributed by atoms with Gasteiger partial charge < -0.3 is 14.8 Å². The van der Waals surface area contributed by atoms with E-state index in [2.05, 4.69) is 41.1 Å². The maximum Gasteiger partial charge on any atom is 0.255 e. The molecule has 1 aliphatic rings. The standard InChI is InChI=1S/C22H29N3O2/c1-17-6-3-4-8-19(17)11-13-25-12-5-7-18(16-25)15-24(2)22(27)20-9-10-21(26)23-14-20/h3-4,6,8-10,14,18H,5,7,11-13,15-16H2,1-2H3,(H,23,26). The number of hydrogen-bond acceptors (Lipinski definition) is 3. The number of likely N-dealkylation sites (tertiary alicyclic amines) is 1. The Morgan fingerprint density at radius 1 is 1.26 bits per heavy atom. The van der Waals surface area contributed by atoms with Gasteiger partial charge in [-0.15, -0.1) is 0 Å². The van der Waals surface area contributed by atoms with Crippen LogP contribution in [0, 0.1) is 12.8 Å². The predicted octanol–water partition coefficient (Wildman–Crippen LogP) is 2.71. The maximum absolute atomic E-state index is 12.5. The summed E-state index contributed by atoms with van der Waals surface area (Å²) in [4.78, 5) is 30.6. The molecular weight excluding hydrogens is 338 g/mol. The molecule has 5 nitrogen and oxygen atoms in total. The largest absolute Gasteiger partial charge is 0.341 e. The van der Waals surface area contributed by atoms with E-state index in [0.29, 0.717) is 11.5 Å². The van der Waals surface area contributed by atoms with Crippen molar-refractivity contribution in [1.29, 1.82) is 0 Å². The first kappa shape index (κ1) is 19.4. The molecule has 1 atom stereocenters. The number of amides is 1. The molecule has 5 heteroatoms. The Kier molecular flexibility index (Phi) is 6.45. The molecule has 0 saturated carbocycles. The van der Waals surface area contributed by atoms with Crippen molar-refractivity contribution in [3.63, 3.8) is 0 Å². The van der Waals surface area contributed by atoms with Gasteiger partial charge in [-0.05, 0) is 55.8 Å². The lowest BCUT2D eigenvalue weighted by Crippen LogP contribution is -2.42. The topological polar surface area (TPSA) is 56.4 Å². The van der Waals surface area contributed by atoms with Crippen LogP contribution in [0.1, 0.15) is 34.3 Å². The molecular formula is C22H29N3O2. The van der Waals surface area contributed by atoms with E-state index >= 15 is 0 Å². The van der Waals surface area contributed by atoms with Crippen LogP contribution >= 0.6 is 0 Å². The highest BCUT2D eigenvalue weighted by Crippen LogP contribution is 2.19. The molecule has 0 spiro atoms. The summed E-state index contributed by atoms with van der Waals surface area (Å²) in [7, 11) is 1.85. The van der Waals surface area contributed by atoms with Crippen LogP contribution in [-0.2, 0) is 6.42 Å². The fourth-order valence-corrected chi connectivity index (χ4v) is 3.91. The van der Waals surface area contributed by atoms with Gasteiger partial charge in [0.05, 0.1) is 5.56 Å². The maximum atomic E-state index is 12.5. The van der Waals surface area contributed by atoms with E-state index in [9.17, 15) is 9.59 Å². The minimum Gasteiger partial charge on any atom is -0.341 e. The van der Waals surface area contributed by atoms with Crippen molar-refractivity contribution < 1.29 is 4.79 Å². The third-order valence-electron chi connectivity index (χ3n) is 5.47. The summed E-state index contributed by atoms with van der Waals surface area (Å²) in [6.07, 6.45) is 4.91. The number of aromatic amines is 1. The fraction of sp³-hybridized carbons (Fsp3) is 0.455. The van der Waals surface area contributed by atoms with Gasteiger partial charge in [0.25, 0.3) is 5.91 Å². The molecule has 3 rings (SSSR count). The molecule has 0 bridgehead atoms. The van der Waals surface area contributed by atoms with Gasteiger partial charge in [-0.3, -0.25) is 9.59 Å². The van der Waals surface area contributed by atoms with E-state index in [4.69, 9.17) is 0 Å². The highest BCUT2D eigenvalue weighted by atomic mass is 16.2. The molecule has 1 aromatic heterocycles. The molecule has 27 heavy (non-hydrogen) atoms. The van der Waals surface area contributed by atoms with Gasteiger partial charge in [-0.25, -0.2) is 0 Å². The lowest BCUT2D eigenvalue weighted by Gasteiger charge is -2.34. The Labute approximate surface area is 161 Å². The average molecular weight is 367 g/mol. The molecule has 0 aliphatic carbocycles. The highest BCUT2D eigenvalue weighted by molar-refractivity contribution is 5.93. The van der Waals surface area contributed by atoms with E-state index < -0.39 is 0 Å². The van der Waals surface area contributed by atoms with Crippen LogP contribution in [0.2, 0.25) is 0 Å². The van der Waals surface area contributed by atoms with Gasteiger partial charge >= 0.3 is 0 Å². The zero-order valence-corrected chi connectivity index (χ0v) is 16.3. The number of nitrogens with one attached hydrogen (secondary N) is 1. The van der Waals surface area contributed by atoms with Crippen molar-refractivity contribution in [2.24, 2.45) is 5.92 Å².